The lowest BCUT2D eigenvalue weighted by atomic mass is 10.1. The Morgan fingerprint density at radius 2 is 2.27 bits per heavy atom. The van der Waals surface area contributed by atoms with Gasteiger partial charge in [0.25, 0.3) is 0 Å². The highest BCUT2D eigenvalue weighted by Gasteiger charge is 2.00. The van der Waals surface area contributed by atoms with Crippen molar-refractivity contribution in [2.75, 3.05) is 7.11 Å². The van der Waals surface area contributed by atoms with Crippen molar-refractivity contribution in [3.8, 4) is 5.75 Å². The molecule has 5 heteroatoms. The molecule has 0 aliphatic heterocycles. The number of carbonyl (C=O) groups is 1. The van der Waals surface area contributed by atoms with Crippen molar-refractivity contribution in [1.29, 1.82) is 0 Å². The van der Waals surface area contributed by atoms with Gasteiger partial charge in [-0.1, -0.05) is 0 Å². The maximum atomic E-state index is 10.8. The van der Waals surface area contributed by atoms with E-state index in [0.29, 0.717) is 5.56 Å². The summed E-state index contributed by atoms with van der Waals surface area (Å²) in [6.07, 6.45) is 2.49. The van der Waals surface area contributed by atoms with Crippen LogP contribution in [0, 0.1) is 4.91 Å². The summed E-state index contributed by atoms with van der Waals surface area (Å²) in [5.74, 6) is -0.582. The predicted molar refractivity (Wildman–Crippen MR) is 54.6 cm³/mol. The molecule has 15 heavy (non-hydrogen) atoms. The summed E-state index contributed by atoms with van der Waals surface area (Å²) in [4.78, 5) is 21.0. The fraction of sp³-hybridized carbons (Fsp3) is 0.100. The zero-order chi connectivity index (χ0) is 11.3. The van der Waals surface area contributed by atoms with Crippen molar-refractivity contribution in [3.63, 3.8) is 0 Å². The van der Waals surface area contributed by atoms with Gasteiger partial charge in [0.15, 0.2) is 0 Å². The molecule has 78 valence electrons. The first-order valence-electron chi connectivity index (χ1n) is 4.10. The normalized spacial score (nSPS) is 10.2. The highest BCUT2D eigenvalue weighted by molar-refractivity contribution is 5.87. The number of nitroso groups, excluding NO2 is 1. The van der Waals surface area contributed by atoms with E-state index in [9.17, 15) is 14.8 Å². The van der Waals surface area contributed by atoms with E-state index >= 15 is 0 Å². The van der Waals surface area contributed by atoms with Crippen molar-refractivity contribution in [2.24, 2.45) is 5.18 Å². The van der Waals surface area contributed by atoms with Crippen LogP contribution in [-0.4, -0.2) is 18.2 Å². The van der Waals surface area contributed by atoms with E-state index in [2.05, 4.69) is 9.91 Å². The summed E-state index contributed by atoms with van der Waals surface area (Å²) in [5, 5.41) is 12.1. The number of hydrogen-bond donors (Lipinski definition) is 1. The highest BCUT2D eigenvalue weighted by atomic mass is 16.5. The number of ether oxygens (including phenoxy) is 1. The quantitative estimate of drug-likeness (QED) is 0.467. The molecule has 0 saturated carbocycles. The molecule has 0 aliphatic carbocycles. The minimum Gasteiger partial charge on any atom is -0.507 e. The summed E-state index contributed by atoms with van der Waals surface area (Å²) in [6.45, 7) is 0. The van der Waals surface area contributed by atoms with Crippen LogP contribution >= 0.6 is 0 Å². The average molecular weight is 207 g/mol. The first-order chi connectivity index (χ1) is 7.17. The maximum Gasteiger partial charge on any atom is 0.330 e. The molecule has 1 rings (SSSR count). The Labute approximate surface area is 86.0 Å². The van der Waals surface area contributed by atoms with E-state index < -0.39 is 5.97 Å². The fourth-order valence-electron chi connectivity index (χ4n) is 0.958. The van der Waals surface area contributed by atoms with Crippen LogP contribution in [-0.2, 0) is 9.53 Å². The largest absolute Gasteiger partial charge is 0.507 e. The number of aromatic hydroxyl groups is 1. The van der Waals surface area contributed by atoms with E-state index in [1.54, 1.807) is 0 Å². The summed E-state index contributed by atoms with van der Waals surface area (Å²) < 4.78 is 4.38. The van der Waals surface area contributed by atoms with Gasteiger partial charge in [-0.2, -0.15) is 0 Å². The molecule has 5 nitrogen and oxygen atoms in total. The zero-order valence-electron chi connectivity index (χ0n) is 8.01. The van der Waals surface area contributed by atoms with Crippen molar-refractivity contribution >= 4 is 17.7 Å². The van der Waals surface area contributed by atoms with Crippen molar-refractivity contribution in [3.05, 3.63) is 34.7 Å². The molecule has 0 aromatic heterocycles. The monoisotopic (exact) mass is 207 g/mol. The minimum atomic E-state index is -0.543. The van der Waals surface area contributed by atoms with Crippen molar-refractivity contribution in [1.82, 2.24) is 0 Å². The molecule has 0 amide bonds. The van der Waals surface area contributed by atoms with Gasteiger partial charge in [0.1, 0.15) is 11.4 Å². The van der Waals surface area contributed by atoms with Gasteiger partial charge in [-0.05, 0) is 29.5 Å². The lowest BCUT2D eigenvalue weighted by Crippen LogP contribution is -1.93. The van der Waals surface area contributed by atoms with Crippen LogP contribution in [0.25, 0.3) is 6.08 Å². The molecule has 0 fully saturated rings. The second-order valence-corrected chi connectivity index (χ2v) is 2.69. The topological polar surface area (TPSA) is 76.0 Å². The molecule has 0 bridgehead atoms. The Hall–Kier alpha value is -2.17. The van der Waals surface area contributed by atoms with Crippen LogP contribution in [0.2, 0.25) is 0 Å². The third-order valence-corrected chi connectivity index (χ3v) is 1.72. The number of nitrogens with zero attached hydrogens (tertiary/aromatic N) is 1. The van der Waals surface area contributed by atoms with Gasteiger partial charge in [-0.15, -0.1) is 4.91 Å². The first kappa shape index (κ1) is 10.9. The SMILES string of the molecule is COC(=O)/C=C/c1cc(N=O)ccc1O. The zero-order valence-corrected chi connectivity index (χ0v) is 8.01. The van der Waals surface area contributed by atoms with Crippen molar-refractivity contribution < 1.29 is 14.6 Å². The van der Waals surface area contributed by atoms with Gasteiger partial charge in [-0.3, -0.25) is 0 Å². The predicted octanol–water partition coefficient (Wildman–Crippen LogP) is 1.98. The Bertz CT molecular complexity index is 412. The Morgan fingerprint density at radius 3 is 2.87 bits per heavy atom. The molecule has 0 aliphatic rings. The van der Waals surface area contributed by atoms with Gasteiger partial charge in [-0.25, -0.2) is 4.79 Å². The third-order valence-electron chi connectivity index (χ3n) is 1.72. The smallest absolute Gasteiger partial charge is 0.330 e. The summed E-state index contributed by atoms with van der Waals surface area (Å²) >= 11 is 0. The van der Waals surface area contributed by atoms with Gasteiger partial charge in [0.2, 0.25) is 0 Å². The van der Waals surface area contributed by atoms with Gasteiger partial charge >= 0.3 is 5.97 Å². The number of benzene rings is 1. The third kappa shape index (κ3) is 2.91. The van der Waals surface area contributed by atoms with E-state index in [4.69, 9.17) is 0 Å². The Kier molecular flexibility index (Phi) is 3.56. The lowest BCUT2D eigenvalue weighted by Gasteiger charge is -1.98. The Morgan fingerprint density at radius 1 is 1.53 bits per heavy atom. The van der Waals surface area contributed by atoms with E-state index in [1.807, 2.05) is 0 Å². The van der Waals surface area contributed by atoms with Gasteiger partial charge in [0, 0.05) is 11.6 Å². The molecule has 0 spiro atoms. The van der Waals surface area contributed by atoms with Crippen LogP contribution in [0.4, 0.5) is 5.69 Å². The Balaban J connectivity index is 2.97. The molecule has 1 aromatic rings. The number of phenols is 1. The minimum absolute atomic E-state index is 0.0393. The molecule has 0 radical (unpaired) electrons. The first-order valence-corrected chi connectivity index (χ1v) is 4.10. The molecule has 0 heterocycles. The molecular weight excluding hydrogens is 198 g/mol. The lowest BCUT2D eigenvalue weighted by molar-refractivity contribution is -0.134. The molecular formula is C10H9NO4. The molecule has 0 unspecified atom stereocenters. The standard InChI is InChI=1S/C10H9NO4/c1-15-10(13)5-2-7-6-8(11-14)3-4-9(7)12/h2-6,12H,1H3/b5-2+. The van der Waals surface area contributed by atoms with Crippen LogP contribution in [0.5, 0.6) is 5.75 Å². The van der Waals surface area contributed by atoms with E-state index in [-0.39, 0.29) is 11.4 Å². The van der Waals surface area contributed by atoms with Crippen molar-refractivity contribution in [2.45, 2.75) is 0 Å². The van der Waals surface area contributed by atoms with E-state index in [0.717, 1.165) is 6.08 Å². The van der Waals surface area contributed by atoms with Crippen LogP contribution in [0.15, 0.2) is 29.5 Å². The number of hydrogen-bond acceptors (Lipinski definition) is 5. The highest BCUT2D eigenvalue weighted by Crippen LogP contribution is 2.24. The summed E-state index contributed by atoms with van der Waals surface area (Å²) in [7, 11) is 1.25. The van der Waals surface area contributed by atoms with E-state index in [1.165, 1.54) is 31.4 Å². The number of methoxy groups -OCH3 is 1. The molecule has 1 aromatic carbocycles. The summed E-state index contributed by atoms with van der Waals surface area (Å²) in [5.41, 5.74) is 0.509. The second-order valence-electron chi connectivity index (χ2n) is 2.69. The van der Waals surface area contributed by atoms with Gasteiger partial charge < -0.3 is 9.84 Å². The molecule has 1 N–H and O–H groups in total. The number of rotatable bonds is 3. The molecule has 0 saturated heterocycles. The number of phenolic OH excluding ortho intramolecular Hbond substituents is 1. The molecule has 0 atom stereocenters. The average Bonchev–Trinajstić information content (AvgIpc) is 2.27. The van der Waals surface area contributed by atoms with Crippen LogP contribution in [0.3, 0.4) is 0 Å². The maximum absolute atomic E-state index is 10.8. The van der Waals surface area contributed by atoms with Crippen LogP contribution < -0.4 is 0 Å². The van der Waals surface area contributed by atoms with Gasteiger partial charge in [0.05, 0.1) is 7.11 Å². The second kappa shape index (κ2) is 4.90. The summed E-state index contributed by atoms with van der Waals surface area (Å²) in [6, 6.07) is 4.06. The number of esters is 1. The fourth-order valence-corrected chi connectivity index (χ4v) is 0.958. The number of carbonyl (C=O) groups excluding carboxylic acids is 1. The van der Waals surface area contributed by atoms with Crippen LogP contribution in [0.1, 0.15) is 5.56 Å².